The Bertz CT molecular complexity index is 828. The molecule has 0 spiro atoms. The lowest BCUT2D eigenvalue weighted by Crippen LogP contribution is -2.45. The second-order valence-corrected chi connectivity index (χ2v) is 5.65. The van der Waals surface area contributed by atoms with E-state index in [9.17, 15) is 18.8 Å². The molecule has 1 N–H and O–H groups in total. The molecular weight excluding hydrogens is 311 g/mol. The molecule has 0 aliphatic carbocycles. The first kappa shape index (κ1) is 15.9. The van der Waals surface area contributed by atoms with Gasteiger partial charge in [-0.05, 0) is 49.7 Å². The zero-order chi connectivity index (χ0) is 17.4. The molecule has 0 fully saturated rings. The maximum absolute atomic E-state index is 13.1. The molecule has 24 heavy (non-hydrogen) atoms. The van der Waals surface area contributed by atoms with Crippen molar-refractivity contribution in [2.45, 2.75) is 19.9 Å². The Balaban J connectivity index is 1.82. The van der Waals surface area contributed by atoms with Gasteiger partial charge in [0.1, 0.15) is 11.9 Å². The molecule has 0 aromatic heterocycles. The summed E-state index contributed by atoms with van der Waals surface area (Å²) < 4.78 is 13.1. The molecule has 6 heteroatoms. The Hall–Kier alpha value is -3.02. The average Bonchev–Trinajstić information content (AvgIpc) is 2.81. The number of anilines is 1. The first-order valence-corrected chi connectivity index (χ1v) is 7.44. The van der Waals surface area contributed by atoms with Crippen molar-refractivity contribution in [3.8, 4) is 0 Å². The molecular formula is C18H15FN2O3. The fraction of sp³-hybridized carbons (Fsp3) is 0.167. The van der Waals surface area contributed by atoms with Gasteiger partial charge in [-0.15, -0.1) is 0 Å². The Morgan fingerprint density at radius 3 is 2.21 bits per heavy atom. The van der Waals surface area contributed by atoms with Crippen LogP contribution in [0.3, 0.4) is 0 Å². The van der Waals surface area contributed by atoms with Gasteiger partial charge < -0.3 is 5.32 Å². The minimum atomic E-state index is -0.984. The van der Waals surface area contributed by atoms with Gasteiger partial charge in [0.2, 0.25) is 5.91 Å². The van der Waals surface area contributed by atoms with Gasteiger partial charge in [-0.2, -0.15) is 0 Å². The number of nitrogens with one attached hydrogen (secondary N) is 1. The first-order chi connectivity index (χ1) is 11.4. The standard InChI is InChI=1S/C18H15FN2O3/c1-10-9-12(19)7-8-15(10)20-16(22)11(2)21-17(23)13-5-3-4-6-14(13)18(21)24/h3-9,11H,1-2H3,(H,20,22)/t11-/m1/s1. The fourth-order valence-electron chi connectivity index (χ4n) is 2.68. The highest BCUT2D eigenvalue weighted by molar-refractivity contribution is 6.23. The second-order valence-electron chi connectivity index (χ2n) is 5.65. The maximum Gasteiger partial charge on any atom is 0.262 e. The van der Waals surface area contributed by atoms with Crippen molar-refractivity contribution < 1.29 is 18.8 Å². The van der Waals surface area contributed by atoms with E-state index in [4.69, 9.17) is 0 Å². The highest BCUT2D eigenvalue weighted by Gasteiger charge is 2.40. The predicted octanol–water partition coefficient (Wildman–Crippen LogP) is 2.76. The van der Waals surface area contributed by atoms with Crippen molar-refractivity contribution in [2.75, 3.05) is 5.32 Å². The number of amides is 3. The molecule has 2 aromatic carbocycles. The Kier molecular flexibility index (Phi) is 3.89. The number of hydrogen-bond acceptors (Lipinski definition) is 3. The fourth-order valence-corrected chi connectivity index (χ4v) is 2.68. The number of halogens is 1. The van der Waals surface area contributed by atoms with Crippen LogP contribution in [0.4, 0.5) is 10.1 Å². The third kappa shape index (κ3) is 2.56. The number of nitrogens with zero attached hydrogens (tertiary/aromatic N) is 1. The SMILES string of the molecule is Cc1cc(F)ccc1NC(=O)[C@@H](C)N1C(=O)c2ccccc2C1=O. The van der Waals surface area contributed by atoms with E-state index in [-0.39, 0.29) is 0 Å². The Labute approximate surface area is 138 Å². The molecule has 122 valence electrons. The largest absolute Gasteiger partial charge is 0.324 e. The van der Waals surface area contributed by atoms with Crippen molar-refractivity contribution in [2.24, 2.45) is 0 Å². The molecule has 1 aliphatic rings. The van der Waals surface area contributed by atoms with E-state index in [0.29, 0.717) is 22.4 Å². The van der Waals surface area contributed by atoms with Crippen LogP contribution in [0.25, 0.3) is 0 Å². The van der Waals surface area contributed by atoms with Gasteiger partial charge in [0.15, 0.2) is 0 Å². The van der Waals surface area contributed by atoms with Crippen molar-refractivity contribution in [1.29, 1.82) is 0 Å². The predicted molar refractivity (Wildman–Crippen MR) is 86.2 cm³/mol. The molecule has 0 saturated heterocycles. The van der Waals surface area contributed by atoms with E-state index >= 15 is 0 Å². The van der Waals surface area contributed by atoms with Crippen LogP contribution in [0, 0.1) is 12.7 Å². The molecule has 0 saturated carbocycles. The second kappa shape index (κ2) is 5.88. The maximum atomic E-state index is 13.1. The molecule has 3 rings (SSSR count). The summed E-state index contributed by atoms with van der Waals surface area (Å²) in [5, 5.41) is 2.63. The van der Waals surface area contributed by atoms with Crippen LogP contribution in [-0.2, 0) is 4.79 Å². The normalized spacial score (nSPS) is 14.5. The lowest BCUT2D eigenvalue weighted by atomic mass is 10.1. The minimum Gasteiger partial charge on any atom is -0.324 e. The zero-order valence-corrected chi connectivity index (χ0v) is 13.2. The number of carbonyl (C=O) groups excluding carboxylic acids is 3. The van der Waals surface area contributed by atoms with Crippen LogP contribution in [-0.4, -0.2) is 28.7 Å². The average molecular weight is 326 g/mol. The van der Waals surface area contributed by atoms with Crippen LogP contribution < -0.4 is 5.32 Å². The number of imide groups is 1. The minimum absolute atomic E-state index is 0.292. The molecule has 3 amide bonds. The summed E-state index contributed by atoms with van der Waals surface area (Å²) in [6.07, 6.45) is 0. The van der Waals surface area contributed by atoms with Crippen LogP contribution in [0.5, 0.6) is 0 Å². The van der Waals surface area contributed by atoms with E-state index in [2.05, 4.69) is 5.32 Å². The first-order valence-electron chi connectivity index (χ1n) is 7.44. The summed E-state index contributed by atoms with van der Waals surface area (Å²) in [5.41, 5.74) is 1.57. The van der Waals surface area contributed by atoms with Crippen LogP contribution in [0.15, 0.2) is 42.5 Å². The molecule has 0 radical (unpaired) electrons. The van der Waals surface area contributed by atoms with Gasteiger partial charge in [-0.3, -0.25) is 19.3 Å². The monoisotopic (exact) mass is 326 g/mol. The van der Waals surface area contributed by atoms with Crippen LogP contribution in [0.1, 0.15) is 33.2 Å². The summed E-state index contributed by atoms with van der Waals surface area (Å²) in [6.45, 7) is 3.14. The lowest BCUT2D eigenvalue weighted by molar-refractivity contribution is -0.119. The summed E-state index contributed by atoms with van der Waals surface area (Å²) in [4.78, 5) is 38.2. The molecule has 1 atom stereocenters. The van der Waals surface area contributed by atoms with Crippen molar-refractivity contribution >= 4 is 23.4 Å². The van der Waals surface area contributed by atoms with Crippen molar-refractivity contribution in [3.63, 3.8) is 0 Å². The highest BCUT2D eigenvalue weighted by Crippen LogP contribution is 2.25. The Morgan fingerprint density at radius 2 is 1.67 bits per heavy atom. The van der Waals surface area contributed by atoms with Gasteiger partial charge in [0, 0.05) is 5.69 Å². The quantitative estimate of drug-likeness (QED) is 0.882. The van der Waals surface area contributed by atoms with Gasteiger partial charge in [0.05, 0.1) is 11.1 Å². The topological polar surface area (TPSA) is 66.5 Å². The number of hydrogen-bond donors (Lipinski definition) is 1. The van der Waals surface area contributed by atoms with E-state index in [1.54, 1.807) is 31.2 Å². The van der Waals surface area contributed by atoms with E-state index in [1.807, 2.05) is 0 Å². The van der Waals surface area contributed by atoms with Crippen LogP contribution >= 0.6 is 0 Å². The number of benzene rings is 2. The summed E-state index contributed by atoms with van der Waals surface area (Å²) in [5.74, 6) is -1.90. The summed E-state index contributed by atoms with van der Waals surface area (Å²) >= 11 is 0. The zero-order valence-electron chi connectivity index (χ0n) is 13.2. The number of carbonyl (C=O) groups is 3. The third-order valence-corrected chi connectivity index (χ3v) is 4.04. The number of rotatable bonds is 3. The van der Waals surface area contributed by atoms with Gasteiger partial charge in [0.25, 0.3) is 11.8 Å². The molecule has 0 bridgehead atoms. The van der Waals surface area contributed by atoms with E-state index in [0.717, 1.165) is 4.90 Å². The van der Waals surface area contributed by atoms with Gasteiger partial charge in [-0.1, -0.05) is 12.1 Å². The summed E-state index contributed by atoms with van der Waals surface area (Å²) in [6, 6.07) is 9.44. The van der Waals surface area contributed by atoms with Crippen molar-refractivity contribution in [1.82, 2.24) is 4.90 Å². The van der Waals surface area contributed by atoms with E-state index in [1.165, 1.54) is 25.1 Å². The molecule has 0 unspecified atom stereocenters. The highest BCUT2D eigenvalue weighted by atomic mass is 19.1. The smallest absolute Gasteiger partial charge is 0.262 e. The number of fused-ring (bicyclic) bond motifs is 1. The third-order valence-electron chi connectivity index (χ3n) is 4.04. The molecule has 2 aromatic rings. The summed E-state index contributed by atoms with van der Waals surface area (Å²) in [7, 11) is 0. The van der Waals surface area contributed by atoms with Crippen LogP contribution in [0.2, 0.25) is 0 Å². The van der Waals surface area contributed by atoms with Crippen molar-refractivity contribution in [3.05, 3.63) is 65.0 Å². The molecule has 1 aliphatic heterocycles. The Morgan fingerprint density at radius 1 is 1.08 bits per heavy atom. The van der Waals surface area contributed by atoms with Gasteiger partial charge >= 0.3 is 0 Å². The van der Waals surface area contributed by atoms with Gasteiger partial charge in [-0.25, -0.2) is 4.39 Å². The van der Waals surface area contributed by atoms with E-state index < -0.39 is 29.6 Å². The number of aryl methyl sites for hydroxylation is 1. The molecule has 5 nitrogen and oxygen atoms in total. The molecule has 1 heterocycles. The lowest BCUT2D eigenvalue weighted by Gasteiger charge is -2.22.